The smallest absolute Gasteiger partial charge is 0.0312 e. The number of rotatable bonds is 2. The van der Waals surface area contributed by atoms with E-state index in [1.807, 2.05) is 0 Å². The fourth-order valence-electron chi connectivity index (χ4n) is 16.4. The van der Waals surface area contributed by atoms with Gasteiger partial charge in [-0.3, -0.25) is 0 Å². The molecular formula is C34H48. The molecule has 12 rings (SSSR count). The summed E-state index contributed by atoms with van der Waals surface area (Å²) in [5.74, 6) is 27.6. The highest BCUT2D eigenvalue weighted by atomic mass is 14.9. The van der Waals surface area contributed by atoms with Gasteiger partial charge in [-0.1, -0.05) is 33.1 Å². The summed E-state index contributed by atoms with van der Waals surface area (Å²) >= 11 is 0. The fraction of sp³-hybridized carbons (Fsp3) is 1.00. The Morgan fingerprint density at radius 3 is 1.26 bits per heavy atom. The molecule has 0 heterocycles. The van der Waals surface area contributed by atoms with Crippen molar-refractivity contribution >= 4 is 0 Å². The van der Waals surface area contributed by atoms with Crippen LogP contribution < -0.4 is 0 Å². The first kappa shape index (κ1) is 19.1. The molecule has 0 nitrogen and oxygen atoms in total. The maximum Gasteiger partial charge on any atom is -0.0312 e. The zero-order valence-corrected chi connectivity index (χ0v) is 21.8. The van der Waals surface area contributed by atoms with Crippen molar-refractivity contribution < 1.29 is 0 Å². The summed E-state index contributed by atoms with van der Waals surface area (Å²) in [6.45, 7) is 4.85. The molecule has 0 heteroatoms. The average Bonchev–Trinajstić information content (AvgIpc) is 2.79. The predicted molar refractivity (Wildman–Crippen MR) is 134 cm³/mol. The first-order valence-corrected chi connectivity index (χ1v) is 16.8. The summed E-state index contributed by atoms with van der Waals surface area (Å²) in [7, 11) is 0. The molecule has 0 bridgehead atoms. The third kappa shape index (κ3) is 1.69. The molecule has 0 N–H and O–H groups in total. The molecule has 0 aromatic rings. The molecule has 0 aromatic carbocycles. The average molecular weight is 457 g/mol. The standard InChI is InChI=1S/C20H28.C14H20/c1-2-8-3-4-11-12(7-8)16-15(11)19-17-13-9-5-6-10(9)14(13)18(17)20(16)19;1-2-6-5-9-10(6)14-12-8-4-3-7(8)11(12)13(9)14/h8-20H,2-7H2,1H3;6-14H,2-5H2,1H3/t8?,9-,10+,11-,12+,13+,14-,15+,16-,17-,18+,19+,20-;6?,7-,8+,9-,10+,11+,12-,13-,14+/m01/s1. The highest BCUT2D eigenvalue weighted by Gasteiger charge is 2.85. The Bertz CT molecular complexity index is 931. The van der Waals surface area contributed by atoms with E-state index in [0.717, 1.165) is 5.92 Å². The number of hydrogen-bond donors (Lipinski definition) is 0. The Labute approximate surface area is 208 Å². The Hall–Kier alpha value is 0. The lowest BCUT2D eigenvalue weighted by Crippen LogP contribution is -2.86. The van der Waals surface area contributed by atoms with E-state index < -0.39 is 0 Å². The third-order valence-electron chi connectivity index (χ3n) is 17.7. The van der Waals surface area contributed by atoms with Gasteiger partial charge in [-0.15, -0.1) is 0 Å². The molecule has 34 heavy (non-hydrogen) atoms. The van der Waals surface area contributed by atoms with E-state index in [0.29, 0.717) is 0 Å². The van der Waals surface area contributed by atoms with E-state index in [-0.39, 0.29) is 0 Å². The lowest BCUT2D eigenvalue weighted by molar-refractivity contribution is -0.434. The van der Waals surface area contributed by atoms with Crippen molar-refractivity contribution in [2.45, 2.75) is 78.1 Å². The molecule has 184 valence electrons. The van der Waals surface area contributed by atoms with Gasteiger partial charge in [0.25, 0.3) is 0 Å². The van der Waals surface area contributed by atoms with Gasteiger partial charge in [0.05, 0.1) is 0 Å². The normalized spacial score (nSPS) is 76.4. The second kappa shape index (κ2) is 5.85. The van der Waals surface area contributed by atoms with Gasteiger partial charge in [0.15, 0.2) is 0 Å². The Morgan fingerprint density at radius 1 is 0.353 bits per heavy atom. The van der Waals surface area contributed by atoms with Crippen LogP contribution in [0.25, 0.3) is 0 Å². The lowest BCUT2D eigenvalue weighted by atomic mass is 9.14. The van der Waals surface area contributed by atoms with Gasteiger partial charge < -0.3 is 0 Å². The van der Waals surface area contributed by atoms with Gasteiger partial charge in [-0.05, 0) is 175 Å². The van der Waals surface area contributed by atoms with Crippen molar-refractivity contribution in [3.63, 3.8) is 0 Å². The van der Waals surface area contributed by atoms with Crippen molar-refractivity contribution in [3.05, 3.63) is 0 Å². The van der Waals surface area contributed by atoms with Crippen LogP contribution in [0.4, 0.5) is 0 Å². The van der Waals surface area contributed by atoms with Crippen LogP contribution in [0.1, 0.15) is 78.1 Å². The van der Waals surface area contributed by atoms with E-state index >= 15 is 0 Å². The summed E-state index contributed by atoms with van der Waals surface area (Å²) < 4.78 is 0. The highest BCUT2D eigenvalue weighted by Crippen LogP contribution is 2.89. The van der Waals surface area contributed by atoms with Crippen molar-refractivity contribution in [1.82, 2.24) is 0 Å². The molecule has 12 aliphatic rings. The molecule has 12 saturated carbocycles. The van der Waals surface area contributed by atoms with Crippen LogP contribution in [0.5, 0.6) is 0 Å². The molecule has 0 aromatic heterocycles. The monoisotopic (exact) mass is 456 g/mol. The van der Waals surface area contributed by atoms with Gasteiger partial charge in [-0.25, -0.2) is 0 Å². The number of hydrogen-bond acceptors (Lipinski definition) is 0. The van der Waals surface area contributed by atoms with Gasteiger partial charge >= 0.3 is 0 Å². The summed E-state index contributed by atoms with van der Waals surface area (Å²) in [5, 5.41) is 0. The van der Waals surface area contributed by atoms with Crippen LogP contribution in [-0.4, -0.2) is 0 Å². The molecule has 0 spiro atoms. The fourth-order valence-corrected chi connectivity index (χ4v) is 16.4. The Kier molecular flexibility index (Phi) is 3.29. The van der Waals surface area contributed by atoms with Crippen LogP contribution in [0.15, 0.2) is 0 Å². The van der Waals surface area contributed by atoms with Crippen molar-refractivity contribution in [2.24, 2.45) is 130 Å². The maximum atomic E-state index is 2.44. The second-order valence-corrected chi connectivity index (χ2v) is 16.8. The molecule has 0 radical (unpaired) electrons. The van der Waals surface area contributed by atoms with Gasteiger partial charge in [0.2, 0.25) is 0 Å². The number of fused-ring (bicyclic) bond motifs is 26. The second-order valence-electron chi connectivity index (χ2n) is 16.8. The molecule has 0 amide bonds. The van der Waals surface area contributed by atoms with Crippen LogP contribution in [0, 0.1) is 130 Å². The minimum atomic E-state index is 1.11. The molecule has 0 aliphatic heterocycles. The summed E-state index contributed by atoms with van der Waals surface area (Å²) in [5.41, 5.74) is 0. The van der Waals surface area contributed by atoms with Gasteiger partial charge in [0, 0.05) is 0 Å². The summed E-state index contributed by atoms with van der Waals surface area (Å²) in [6.07, 6.45) is 15.9. The van der Waals surface area contributed by atoms with Crippen LogP contribution >= 0.6 is 0 Å². The van der Waals surface area contributed by atoms with E-state index in [4.69, 9.17) is 0 Å². The topological polar surface area (TPSA) is 0 Å². The minimum absolute atomic E-state index is 1.11. The van der Waals surface area contributed by atoms with E-state index in [2.05, 4.69) is 13.8 Å². The van der Waals surface area contributed by atoms with E-state index in [1.54, 1.807) is 51.4 Å². The maximum absolute atomic E-state index is 2.44. The minimum Gasteiger partial charge on any atom is -0.0651 e. The quantitative estimate of drug-likeness (QED) is 0.375. The van der Waals surface area contributed by atoms with E-state index in [9.17, 15) is 0 Å². The van der Waals surface area contributed by atoms with Crippen LogP contribution in [0.2, 0.25) is 0 Å². The largest absolute Gasteiger partial charge is 0.0651 e. The SMILES string of the molecule is CCC1CC[C@H]2[C@@H](C1)[C@H]1[C@@H]2[C@@H]2[C@H]3[C@@H]4[C@H]5CC[C@H]5[C@@H]4[C@H]3[C@H]12.CCC1C[C@@H]2[C@H]1[C@@H]1[C@H]2[C@H]2[C@@H]3CC[C@@H]3[C@H]21. The van der Waals surface area contributed by atoms with E-state index in [1.165, 1.54) is 137 Å². The zero-order chi connectivity index (χ0) is 21.8. The highest BCUT2D eigenvalue weighted by molar-refractivity contribution is 5.32. The van der Waals surface area contributed by atoms with Crippen molar-refractivity contribution in [1.29, 1.82) is 0 Å². The van der Waals surface area contributed by atoms with Gasteiger partial charge in [0.1, 0.15) is 0 Å². The molecule has 12 aliphatic carbocycles. The Balaban J connectivity index is 0.000000101. The van der Waals surface area contributed by atoms with Crippen LogP contribution in [-0.2, 0) is 0 Å². The zero-order valence-electron chi connectivity index (χ0n) is 21.8. The first-order valence-electron chi connectivity index (χ1n) is 16.8. The molecular weight excluding hydrogens is 408 g/mol. The lowest BCUT2D eigenvalue weighted by Gasteiger charge is -2.90. The predicted octanol–water partition coefficient (Wildman–Crippen LogP) is 7.63. The molecule has 22 atom stereocenters. The molecule has 2 unspecified atom stereocenters. The first-order chi connectivity index (χ1) is 16.8. The van der Waals surface area contributed by atoms with Crippen molar-refractivity contribution in [2.75, 3.05) is 0 Å². The summed E-state index contributed by atoms with van der Waals surface area (Å²) in [6, 6.07) is 0. The van der Waals surface area contributed by atoms with Crippen molar-refractivity contribution in [3.8, 4) is 0 Å². The van der Waals surface area contributed by atoms with Gasteiger partial charge in [-0.2, -0.15) is 0 Å². The summed E-state index contributed by atoms with van der Waals surface area (Å²) in [4.78, 5) is 0. The third-order valence-corrected chi connectivity index (χ3v) is 17.7. The molecule has 0 saturated heterocycles. The Morgan fingerprint density at radius 2 is 0.765 bits per heavy atom. The van der Waals surface area contributed by atoms with Crippen LogP contribution in [0.3, 0.4) is 0 Å². The molecule has 12 fully saturated rings.